The van der Waals surface area contributed by atoms with E-state index >= 15 is 0 Å². The smallest absolute Gasteiger partial charge is 0.254 e. The van der Waals surface area contributed by atoms with Crippen LogP contribution in [0.15, 0.2) is 18.2 Å². The Balaban J connectivity index is 0.00000225. The summed E-state index contributed by atoms with van der Waals surface area (Å²) >= 11 is 0. The third-order valence-electron chi connectivity index (χ3n) is 2.10. The van der Waals surface area contributed by atoms with E-state index in [9.17, 15) is 9.18 Å². The summed E-state index contributed by atoms with van der Waals surface area (Å²) in [7, 11) is 0. The number of amides is 1. The number of benzene rings is 1. The number of hydrogen-bond donors (Lipinski definition) is 2. The molecule has 1 aromatic rings. The summed E-state index contributed by atoms with van der Waals surface area (Å²) in [4.78, 5) is 11.5. The summed E-state index contributed by atoms with van der Waals surface area (Å²) in [5.41, 5.74) is 6.20. The number of hydrogen-bond acceptors (Lipinski definition) is 2. The molecule has 5 heteroatoms. The van der Waals surface area contributed by atoms with E-state index in [-0.39, 0.29) is 24.0 Å². The van der Waals surface area contributed by atoms with Crippen LogP contribution in [0.4, 0.5) is 4.39 Å². The Kier molecular flexibility index (Phi) is 6.00. The van der Waals surface area contributed by atoms with Crippen LogP contribution in [0.25, 0.3) is 0 Å². The minimum absolute atomic E-state index is 0. The Hall–Kier alpha value is -1.13. The van der Waals surface area contributed by atoms with E-state index in [1.54, 1.807) is 19.9 Å². The van der Waals surface area contributed by atoms with Gasteiger partial charge in [0.15, 0.2) is 0 Å². The Morgan fingerprint density at radius 3 is 2.69 bits per heavy atom. The van der Waals surface area contributed by atoms with Crippen molar-refractivity contribution in [3.63, 3.8) is 0 Å². The molecular weight excluding hydrogens is 231 g/mol. The average Bonchev–Trinajstić information content (AvgIpc) is 2.17. The van der Waals surface area contributed by atoms with Crippen molar-refractivity contribution in [2.45, 2.75) is 19.9 Å². The minimum atomic E-state index is -0.503. The SMILES string of the molecule is Cc1ccc(C(=O)N[C@H](C)CN)c(F)c1.Cl. The second-order valence-electron chi connectivity index (χ2n) is 3.59. The zero-order valence-corrected chi connectivity index (χ0v) is 10.1. The van der Waals surface area contributed by atoms with E-state index in [1.165, 1.54) is 12.1 Å². The molecule has 0 unspecified atom stereocenters. The van der Waals surface area contributed by atoms with Crippen LogP contribution in [0.5, 0.6) is 0 Å². The topological polar surface area (TPSA) is 55.1 Å². The second-order valence-corrected chi connectivity index (χ2v) is 3.59. The molecule has 0 radical (unpaired) electrons. The highest BCUT2D eigenvalue weighted by atomic mass is 35.5. The quantitative estimate of drug-likeness (QED) is 0.852. The standard InChI is InChI=1S/C11H15FN2O.ClH/c1-7-3-4-9(10(12)5-7)11(15)14-8(2)6-13;/h3-5,8H,6,13H2,1-2H3,(H,14,15);1H/t8-;/m1./s1. The number of nitrogens with one attached hydrogen (secondary N) is 1. The van der Waals surface area contributed by atoms with Gasteiger partial charge in [-0.15, -0.1) is 12.4 Å². The third kappa shape index (κ3) is 3.79. The molecule has 3 nitrogen and oxygen atoms in total. The number of carbonyl (C=O) groups excluding carboxylic acids is 1. The molecule has 0 aromatic heterocycles. The summed E-state index contributed by atoms with van der Waals surface area (Å²) in [6.07, 6.45) is 0. The lowest BCUT2D eigenvalue weighted by Crippen LogP contribution is -2.38. The highest BCUT2D eigenvalue weighted by Gasteiger charge is 2.12. The van der Waals surface area contributed by atoms with Gasteiger partial charge in [-0.1, -0.05) is 6.07 Å². The molecule has 90 valence electrons. The zero-order chi connectivity index (χ0) is 11.4. The van der Waals surface area contributed by atoms with Crippen LogP contribution in [0.1, 0.15) is 22.8 Å². The maximum absolute atomic E-state index is 13.4. The van der Waals surface area contributed by atoms with Crippen LogP contribution in [0.2, 0.25) is 0 Å². The largest absolute Gasteiger partial charge is 0.348 e. The molecule has 0 aliphatic carbocycles. The van der Waals surface area contributed by atoms with Crippen molar-refractivity contribution >= 4 is 18.3 Å². The lowest BCUT2D eigenvalue weighted by Gasteiger charge is -2.11. The van der Waals surface area contributed by atoms with E-state index in [0.29, 0.717) is 6.54 Å². The Labute approximate surface area is 101 Å². The van der Waals surface area contributed by atoms with Crippen molar-refractivity contribution in [1.82, 2.24) is 5.32 Å². The van der Waals surface area contributed by atoms with Crippen molar-refractivity contribution < 1.29 is 9.18 Å². The van der Waals surface area contributed by atoms with E-state index in [4.69, 9.17) is 5.73 Å². The highest BCUT2D eigenvalue weighted by molar-refractivity contribution is 5.94. The van der Waals surface area contributed by atoms with E-state index < -0.39 is 11.7 Å². The van der Waals surface area contributed by atoms with Crippen molar-refractivity contribution in [2.24, 2.45) is 5.73 Å². The molecular formula is C11H16ClFN2O. The van der Waals surface area contributed by atoms with Crippen LogP contribution >= 0.6 is 12.4 Å². The van der Waals surface area contributed by atoms with Crippen LogP contribution < -0.4 is 11.1 Å². The van der Waals surface area contributed by atoms with Gasteiger partial charge in [0.1, 0.15) is 5.82 Å². The molecule has 0 saturated heterocycles. The monoisotopic (exact) mass is 246 g/mol. The van der Waals surface area contributed by atoms with Crippen molar-refractivity contribution in [3.8, 4) is 0 Å². The minimum Gasteiger partial charge on any atom is -0.348 e. The number of halogens is 2. The van der Waals surface area contributed by atoms with Gasteiger partial charge in [0, 0.05) is 12.6 Å². The average molecular weight is 247 g/mol. The Morgan fingerprint density at radius 1 is 1.56 bits per heavy atom. The molecule has 0 spiro atoms. The normalized spacial score (nSPS) is 11.5. The molecule has 0 aliphatic rings. The maximum Gasteiger partial charge on any atom is 0.254 e. The lowest BCUT2D eigenvalue weighted by molar-refractivity contribution is 0.0937. The van der Waals surface area contributed by atoms with Crippen LogP contribution in [-0.2, 0) is 0 Å². The third-order valence-corrected chi connectivity index (χ3v) is 2.10. The molecule has 0 heterocycles. The van der Waals surface area contributed by atoms with Gasteiger partial charge in [0.25, 0.3) is 5.91 Å². The summed E-state index contributed by atoms with van der Waals surface area (Å²) in [5.74, 6) is -0.929. The molecule has 1 atom stereocenters. The van der Waals surface area contributed by atoms with Gasteiger partial charge in [0.05, 0.1) is 5.56 Å². The number of aryl methyl sites for hydroxylation is 1. The molecule has 0 fully saturated rings. The molecule has 1 rings (SSSR count). The first-order valence-electron chi connectivity index (χ1n) is 4.81. The fourth-order valence-electron chi connectivity index (χ4n) is 1.16. The van der Waals surface area contributed by atoms with Crippen molar-refractivity contribution in [1.29, 1.82) is 0 Å². The highest BCUT2D eigenvalue weighted by Crippen LogP contribution is 2.09. The summed E-state index contributed by atoms with van der Waals surface area (Å²) in [5, 5.41) is 2.60. The first kappa shape index (κ1) is 14.9. The number of nitrogens with two attached hydrogens (primary N) is 1. The van der Waals surface area contributed by atoms with Gasteiger partial charge in [-0.2, -0.15) is 0 Å². The molecule has 0 bridgehead atoms. The van der Waals surface area contributed by atoms with Crippen LogP contribution in [-0.4, -0.2) is 18.5 Å². The molecule has 0 saturated carbocycles. The molecule has 1 aromatic carbocycles. The molecule has 16 heavy (non-hydrogen) atoms. The summed E-state index contributed by atoms with van der Waals surface area (Å²) < 4.78 is 13.4. The fraction of sp³-hybridized carbons (Fsp3) is 0.364. The Bertz CT molecular complexity index is 371. The van der Waals surface area contributed by atoms with Gasteiger partial charge in [-0.05, 0) is 31.5 Å². The van der Waals surface area contributed by atoms with E-state index in [0.717, 1.165) is 5.56 Å². The van der Waals surface area contributed by atoms with Gasteiger partial charge < -0.3 is 11.1 Å². The number of rotatable bonds is 3. The van der Waals surface area contributed by atoms with Crippen LogP contribution in [0, 0.1) is 12.7 Å². The fourth-order valence-corrected chi connectivity index (χ4v) is 1.16. The summed E-state index contributed by atoms with van der Waals surface area (Å²) in [6.45, 7) is 3.87. The first-order valence-corrected chi connectivity index (χ1v) is 4.81. The Morgan fingerprint density at radius 2 is 2.19 bits per heavy atom. The molecule has 3 N–H and O–H groups in total. The van der Waals surface area contributed by atoms with Gasteiger partial charge >= 0.3 is 0 Å². The molecule has 0 aliphatic heterocycles. The number of carbonyl (C=O) groups is 1. The summed E-state index contributed by atoms with van der Waals surface area (Å²) in [6, 6.07) is 4.36. The predicted octanol–water partition coefficient (Wildman–Crippen LogP) is 1.63. The second kappa shape index (κ2) is 6.45. The van der Waals surface area contributed by atoms with Crippen molar-refractivity contribution in [3.05, 3.63) is 35.1 Å². The van der Waals surface area contributed by atoms with Gasteiger partial charge in [-0.25, -0.2) is 4.39 Å². The first-order chi connectivity index (χ1) is 7.04. The van der Waals surface area contributed by atoms with Gasteiger partial charge in [-0.3, -0.25) is 4.79 Å². The van der Waals surface area contributed by atoms with Crippen LogP contribution in [0.3, 0.4) is 0 Å². The maximum atomic E-state index is 13.4. The van der Waals surface area contributed by atoms with E-state index in [2.05, 4.69) is 5.32 Å². The molecule has 1 amide bonds. The van der Waals surface area contributed by atoms with Gasteiger partial charge in [0.2, 0.25) is 0 Å². The predicted molar refractivity (Wildman–Crippen MR) is 64.4 cm³/mol. The van der Waals surface area contributed by atoms with E-state index in [1.807, 2.05) is 0 Å². The lowest BCUT2D eigenvalue weighted by atomic mass is 10.1. The zero-order valence-electron chi connectivity index (χ0n) is 9.29. The van der Waals surface area contributed by atoms with Crippen molar-refractivity contribution in [2.75, 3.05) is 6.54 Å².